The number of unbranched alkanes of at least 4 members (excludes halogenated alkanes) is 5. The van der Waals surface area contributed by atoms with Crippen molar-refractivity contribution >= 4 is 100 Å². The lowest BCUT2D eigenvalue weighted by molar-refractivity contribution is -0.145. The highest BCUT2D eigenvalue weighted by molar-refractivity contribution is 8.00. The van der Waals surface area contributed by atoms with Gasteiger partial charge in [0.2, 0.25) is 76.8 Å². The molecular formula is C74H136N20O19S. The van der Waals surface area contributed by atoms with Crippen LogP contribution in [0.3, 0.4) is 0 Å². The second kappa shape index (κ2) is 53.3. The van der Waals surface area contributed by atoms with E-state index in [1.165, 1.54) is 6.92 Å². The minimum absolute atomic E-state index is 0.00278. The fraction of sp³-hybridized carbons (Fsp3) is 0.797. The number of aliphatic carboxylic acids is 1. The number of β-amino-alcohol motifs (C(OH)–C–C–N with tert-alkyl or cyclic N) is 1. The number of hydrogen-bond acceptors (Lipinski definition) is 25. The third kappa shape index (κ3) is 35.2. The minimum atomic E-state index is -1.62. The number of carboxylic acids is 1. The molecule has 13 amide bonds. The number of amides is 13. The number of thioether (sulfide) groups is 1. The van der Waals surface area contributed by atoms with Gasteiger partial charge in [0.25, 0.3) is 0 Å². The number of rotatable bonds is 56. The largest absolute Gasteiger partial charge is 0.480 e. The molecule has 2 rings (SSSR count). The van der Waals surface area contributed by atoms with Gasteiger partial charge >= 0.3 is 5.97 Å². The smallest absolute Gasteiger partial charge is 0.327 e. The average Bonchev–Trinajstić information content (AvgIpc) is 1.24. The topological polar surface area (TPSA) is 645 Å². The standard InChI is InChI=1S/C74H136N20O19S/c1-39(2)55(82-44(11)96)69(108)92-59(43(9)10)71(110)90-56(40(3)4)67(106)87-47(25-14-18-30-77)64(103)84-45(23-12-16-28-75)62(101)83-46(24-13-17-29-76)63(102)86-49(27-22-32-81-74(79)80)65(104)85-48(26-15-19-31-78)66(105)89-58(42(7)8)70(109)91-57(41(5)6)68(107)88-50(73(112)113)38-114-53-35-54(98)94(72(53)111)34-21-20-33-93-36-52(97)61(100)60(99)51(93)37-95/h39-43,45-53,55-61,95,97,99-100H,12-38,75-78H2,1-11H3,(H,82,96)(H,83,101)(H,84,103)(H,85,104)(H,86,102)(H,87,106)(H,88,107)(H,89,105)(H,90,110)(H,91,109)(H,92,108)(H,112,113)(H4,79,80,81)/t45?,46?,47?,48?,49?,50?,51-,52-,53?,55?,56?,57?,58?,59?,60-,61-/m1/s1. The number of nitrogens with one attached hydrogen (secondary N) is 13. The van der Waals surface area contributed by atoms with Crippen LogP contribution in [0.4, 0.5) is 0 Å². The molecule has 0 spiro atoms. The number of piperidine rings is 1. The van der Waals surface area contributed by atoms with E-state index in [1.54, 1.807) is 74.1 Å². The highest BCUT2D eigenvalue weighted by atomic mass is 32.2. The van der Waals surface area contributed by atoms with Crippen LogP contribution in [0.5, 0.6) is 0 Å². The number of carbonyl (C=O) groups excluding carboxylic acids is 13. The number of carboxylic acid groups (broad SMARTS) is 1. The molecule has 0 radical (unpaired) electrons. The monoisotopic (exact) mass is 1640 g/mol. The van der Waals surface area contributed by atoms with Crippen molar-refractivity contribution in [1.82, 2.24) is 73.6 Å². The quantitative estimate of drug-likeness (QED) is 0.0117. The first-order valence-corrected chi connectivity index (χ1v) is 41.0. The van der Waals surface area contributed by atoms with Crippen LogP contribution < -0.4 is 92.5 Å². The van der Waals surface area contributed by atoms with Gasteiger partial charge in [-0.3, -0.25) is 77.5 Å². The van der Waals surface area contributed by atoms with Crippen LogP contribution in [-0.2, 0) is 67.1 Å². The molecule has 2 fully saturated rings. The average molecular weight is 1640 g/mol. The lowest BCUT2D eigenvalue weighted by Gasteiger charge is -2.43. The zero-order chi connectivity index (χ0) is 86.2. The fourth-order valence-corrected chi connectivity index (χ4v) is 14.1. The Morgan fingerprint density at radius 2 is 0.763 bits per heavy atom. The number of carbonyl (C=O) groups is 14. The van der Waals surface area contributed by atoms with Crippen molar-refractivity contribution in [3.8, 4) is 0 Å². The third-order valence-corrected chi connectivity index (χ3v) is 21.1. The number of nitrogens with zero attached hydrogens (tertiary/aromatic N) is 2. The van der Waals surface area contributed by atoms with Crippen molar-refractivity contribution in [2.75, 3.05) is 64.7 Å². The Balaban J connectivity index is 2.44. The number of guanidine groups is 1. The predicted octanol–water partition coefficient (Wildman–Crippen LogP) is -5.12. The molecule has 0 aliphatic carbocycles. The molecule has 652 valence electrons. The molecule has 2 aliphatic heterocycles. The summed E-state index contributed by atoms with van der Waals surface area (Å²) >= 11 is 0.844. The van der Waals surface area contributed by atoms with Crippen LogP contribution in [0.2, 0.25) is 0 Å². The highest BCUT2D eigenvalue weighted by Crippen LogP contribution is 2.27. The Morgan fingerprint density at radius 1 is 0.447 bits per heavy atom. The molecule has 12 unspecified atom stereocenters. The van der Waals surface area contributed by atoms with Gasteiger partial charge in [-0.05, 0) is 165 Å². The summed E-state index contributed by atoms with van der Waals surface area (Å²) in [7, 11) is 0. The first kappa shape index (κ1) is 102. The molecule has 2 saturated heterocycles. The highest BCUT2D eigenvalue weighted by Gasteiger charge is 2.44. The van der Waals surface area contributed by atoms with E-state index in [1.807, 2.05) is 0 Å². The Morgan fingerprint density at radius 3 is 1.10 bits per heavy atom. The van der Waals surface area contributed by atoms with Gasteiger partial charge < -0.3 is 118 Å². The van der Waals surface area contributed by atoms with Crippen LogP contribution >= 0.6 is 11.8 Å². The normalized spacial score (nSPS) is 19.4. The zero-order valence-corrected chi connectivity index (χ0v) is 69.2. The second-order valence-electron chi connectivity index (χ2n) is 31.1. The molecule has 0 aromatic carbocycles. The van der Waals surface area contributed by atoms with Crippen molar-refractivity contribution in [3.63, 3.8) is 0 Å². The first-order chi connectivity index (χ1) is 53.7. The summed E-state index contributed by atoms with van der Waals surface area (Å²) in [5, 5.41) is 89.6. The van der Waals surface area contributed by atoms with Gasteiger partial charge in [-0.1, -0.05) is 69.2 Å². The fourth-order valence-electron chi connectivity index (χ4n) is 13.0. The Labute approximate surface area is 673 Å². The van der Waals surface area contributed by atoms with Gasteiger partial charge in [0.1, 0.15) is 78.7 Å². The molecule has 40 heteroatoms. The molecule has 39 nitrogen and oxygen atoms in total. The van der Waals surface area contributed by atoms with E-state index in [0.29, 0.717) is 51.4 Å². The van der Waals surface area contributed by atoms with Gasteiger partial charge in [0.05, 0.1) is 24.0 Å². The van der Waals surface area contributed by atoms with Gasteiger partial charge in [0, 0.05) is 38.7 Å². The Bertz CT molecular complexity index is 3120. The molecule has 0 bridgehead atoms. The molecule has 0 aromatic rings. The van der Waals surface area contributed by atoms with Crippen molar-refractivity contribution in [2.45, 2.75) is 281 Å². The number of hydrogen-bond donors (Lipinski definition) is 23. The number of aliphatic hydroxyl groups excluding tert-OH is 4. The maximum atomic E-state index is 14.8. The first-order valence-electron chi connectivity index (χ1n) is 40.0. The summed E-state index contributed by atoms with van der Waals surface area (Å²) < 4.78 is 0. The molecule has 0 aromatic heterocycles. The summed E-state index contributed by atoms with van der Waals surface area (Å²) in [6.07, 6.45) is -0.948. The molecule has 2 heterocycles. The van der Waals surface area contributed by atoms with E-state index in [-0.39, 0.29) is 128 Å². The summed E-state index contributed by atoms with van der Waals surface area (Å²) in [4.78, 5) is 198. The van der Waals surface area contributed by atoms with Gasteiger partial charge in [-0.25, -0.2) is 4.79 Å². The number of likely N-dealkylation sites (tertiary alicyclic amines) is 2. The van der Waals surface area contributed by atoms with Crippen LogP contribution in [0.25, 0.3) is 0 Å². The van der Waals surface area contributed by atoms with E-state index >= 15 is 0 Å². The second-order valence-corrected chi connectivity index (χ2v) is 32.3. The summed E-state index contributed by atoms with van der Waals surface area (Å²) in [6, 6.07) is -15.5. The van der Waals surface area contributed by atoms with Crippen molar-refractivity contribution in [2.24, 2.45) is 58.3 Å². The van der Waals surface area contributed by atoms with E-state index < -0.39 is 209 Å². The number of aliphatic hydroxyl groups is 4. The van der Waals surface area contributed by atoms with E-state index in [4.69, 9.17) is 34.1 Å². The number of nitrogens with two attached hydrogens (primary N) is 5. The van der Waals surface area contributed by atoms with Crippen LogP contribution in [0.15, 0.2) is 0 Å². The zero-order valence-electron chi connectivity index (χ0n) is 68.4. The summed E-state index contributed by atoms with van der Waals surface area (Å²) in [6.45, 7) is 18.4. The summed E-state index contributed by atoms with van der Waals surface area (Å²) in [5.41, 5.74) is 29.1. The van der Waals surface area contributed by atoms with Crippen LogP contribution in [-0.4, -0.2) is 285 Å². The molecule has 28 N–H and O–H groups in total. The molecule has 16 atom stereocenters. The summed E-state index contributed by atoms with van der Waals surface area (Å²) in [5.74, 6) is -14.6. The van der Waals surface area contributed by atoms with E-state index in [9.17, 15) is 92.7 Å². The van der Waals surface area contributed by atoms with Crippen molar-refractivity contribution < 1.29 is 92.7 Å². The third-order valence-electron chi connectivity index (χ3n) is 19.8. The number of imide groups is 1. The maximum absolute atomic E-state index is 14.8. The Kier molecular flexibility index (Phi) is 47.8. The van der Waals surface area contributed by atoms with Crippen LogP contribution in [0.1, 0.15) is 185 Å². The minimum Gasteiger partial charge on any atom is -0.480 e. The molecule has 114 heavy (non-hydrogen) atoms. The van der Waals surface area contributed by atoms with E-state index in [2.05, 4.69) is 63.8 Å². The van der Waals surface area contributed by atoms with Gasteiger partial charge in [-0.2, -0.15) is 0 Å². The molecular weight excluding hydrogens is 1510 g/mol. The van der Waals surface area contributed by atoms with Crippen molar-refractivity contribution in [1.29, 1.82) is 5.41 Å². The lowest BCUT2D eigenvalue weighted by atomic mass is 9.94. The molecule has 0 saturated carbocycles. The van der Waals surface area contributed by atoms with Crippen molar-refractivity contribution in [3.05, 3.63) is 0 Å². The SMILES string of the molecule is CC(=O)NC(C(=O)NC(C(=O)NC(C(=O)NC(CCCCN)C(=O)NC(CCCCN)C(=O)NC(CCCCN)C(=O)NC(CCCNC(=N)N)C(=O)NC(CCCCN)C(=O)NC(C(=O)NC(C(=O)NC(CSC1CC(=O)N(CCCCN2C[C@@H](O)[C@@H](O)[C@H](O)[C@H]2CO)C1=O)C(=O)O)C(C)C)C(C)C)C(C)C)C(C)C)C(C)C. The van der Waals surface area contributed by atoms with Gasteiger partial charge in [0.15, 0.2) is 5.96 Å². The van der Waals surface area contributed by atoms with Gasteiger partial charge in [-0.15, -0.1) is 11.8 Å². The maximum Gasteiger partial charge on any atom is 0.327 e. The lowest BCUT2D eigenvalue weighted by Crippen LogP contribution is -2.62. The molecule has 2 aliphatic rings. The predicted molar refractivity (Wildman–Crippen MR) is 427 cm³/mol. The van der Waals surface area contributed by atoms with E-state index in [0.717, 1.165) is 16.7 Å². The van der Waals surface area contributed by atoms with Crippen LogP contribution in [0, 0.1) is 35.0 Å². The Hall–Kier alpha value is -7.96.